The maximum atomic E-state index is 12.5. The predicted octanol–water partition coefficient (Wildman–Crippen LogP) is 0.654. The van der Waals surface area contributed by atoms with E-state index >= 15 is 0 Å². The minimum atomic E-state index is -3.19. The lowest BCUT2D eigenvalue weighted by Crippen LogP contribution is -2.61. The zero-order chi connectivity index (χ0) is 17.6. The summed E-state index contributed by atoms with van der Waals surface area (Å²) in [6, 6.07) is -0.197. The van der Waals surface area contributed by atoms with E-state index in [1.165, 1.54) is 15.6 Å². The number of nitrogen functional groups attached to an aromatic ring is 1. The maximum absolute atomic E-state index is 12.5. The van der Waals surface area contributed by atoms with Crippen LogP contribution in [0.5, 0.6) is 0 Å². The average molecular weight is 369 g/mol. The van der Waals surface area contributed by atoms with Crippen molar-refractivity contribution in [2.45, 2.75) is 26.8 Å². The minimum Gasteiger partial charge on any atom is -0.397 e. The number of fused-ring (bicyclic) bond motifs is 1. The van der Waals surface area contributed by atoms with Gasteiger partial charge in [0.05, 0.1) is 23.2 Å². The topological polar surface area (TPSA) is 118 Å². The lowest BCUT2D eigenvalue weighted by Gasteiger charge is -2.38. The Balaban J connectivity index is 1.77. The number of aromatic nitrogens is 2. The number of amides is 1. The first-order valence-corrected chi connectivity index (χ1v) is 9.97. The van der Waals surface area contributed by atoms with Gasteiger partial charge in [-0.15, -0.1) is 16.4 Å². The zero-order valence-corrected chi connectivity index (χ0v) is 15.3. The summed E-state index contributed by atoms with van der Waals surface area (Å²) in [6.45, 7) is 5.94. The lowest BCUT2D eigenvalue weighted by atomic mass is 10.1. The van der Waals surface area contributed by atoms with Crippen molar-refractivity contribution >= 4 is 43.2 Å². The van der Waals surface area contributed by atoms with Crippen LogP contribution in [0.3, 0.4) is 0 Å². The molecule has 0 radical (unpaired) electrons. The number of nitrogens with one attached hydrogen (secondary N) is 1. The molecule has 3 N–H and O–H groups in total. The van der Waals surface area contributed by atoms with Crippen LogP contribution in [-0.4, -0.2) is 53.7 Å². The third-order valence-corrected chi connectivity index (χ3v) is 7.19. The number of anilines is 1. The number of nitrogens with zero attached hydrogens (tertiary/aromatic N) is 3. The molecule has 1 fully saturated rings. The highest BCUT2D eigenvalue weighted by atomic mass is 32.2. The largest absolute Gasteiger partial charge is 0.397 e. The highest BCUT2D eigenvalue weighted by Crippen LogP contribution is 2.34. The number of hydrogen-bond acceptors (Lipinski definition) is 7. The smallest absolute Gasteiger partial charge is 0.263 e. The minimum absolute atomic E-state index is 0.0637. The van der Waals surface area contributed by atoms with Gasteiger partial charge in [0.2, 0.25) is 10.0 Å². The van der Waals surface area contributed by atoms with Gasteiger partial charge >= 0.3 is 0 Å². The van der Waals surface area contributed by atoms with Crippen molar-refractivity contribution in [3.8, 4) is 0 Å². The van der Waals surface area contributed by atoms with E-state index in [9.17, 15) is 13.2 Å². The number of thiophene rings is 1. The summed E-state index contributed by atoms with van der Waals surface area (Å²) in [6.07, 6.45) is 0. The molecule has 0 aliphatic carbocycles. The summed E-state index contributed by atoms with van der Waals surface area (Å²) in [7, 11) is -3.19. The molecule has 0 unspecified atom stereocenters. The first-order valence-electron chi connectivity index (χ1n) is 7.55. The summed E-state index contributed by atoms with van der Waals surface area (Å²) >= 11 is 1.20. The Morgan fingerprint density at radius 2 is 2.04 bits per heavy atom. The Kier molecular flexibility index (Phi) is 4.22. The van der Waals surface area contributed by atoms with Gasteiger partial charge in [0, 0.05) is 18.5 Å². The van der Waals surface area contributed by atoms with E-state index < -0.39 is 10.0 Å². The van der Waals surface area contributed by atoms with Gasteiger partial charge in [-0.1, -0.05) is 0 Å². The molecule has 2 aromatic heterocycles. The number of nitrogens with two attached hydrogens (primary N) is 1. The Hall–Kier alpha value is -1.78. The van der Waals surface area contributed by atoms with Gasteiger partial charge in [-0.05, 0) is 26.3 Å². The first-order chi connectivity index (χ1) is 11.2. The molecule has 2 aromatic rings. The molecule has 24 heavy (non-hydrogen) atoms. The SMILES string of the molecule is CCS(=O)(=O)N1CC(NC(=O)c2sc3nnc(C)c(C)c3c2N)C1. The molecule has 130 valence electrons. The fourth-order valence-corrected chi connectivity index (χ4v) is 4.78. The zero-order valence-electron chi connectivity index (χ0n) is 13.7. The molecule has 0 aromatic carbocycles. The van der Waals surface area contributed by atoms with Crippen molar-refractivity contribution in [3.63, 3.8) is 0 Å². The van der Waals surface area contributed by atoms with Crippen LogP contribution in [0, 0.1) is 13.8 Å². The quantitative estimate of drug-likeness (QED) is 0.817. The van der Waals surface area contributed by atoms with E-state index in [0.29, 0.717) is 28.5 Å². The van der Waals surface area contributed by atoms with Crippen LogP contribution in [0.2, 0.25) is 0 Å². The molecule has 10 heteroatoms. The van der Waals surface area contributed by atoms with Gasteiger partial charge in [-0.25, -0.2) is 8.42 Å². The predicted molar refractivity (Wildman–Crippen MR) is 93.6 cm³/mol. The number of aryl methyl sites for hydroxylation is 2. The van der Waals surface area contributed by atoms with Crippen LogP contribution in [0.25, 0.3) is 10.2 Å². The van der Waals surface area contributed by atoms with E-state index in [-0.39, 0.29) is 17.7 Å². The van der Waals surface area contributed by atoms with Crippen molar-refractivity contribution in [1.82, 2.24) is 19.8 Å². The third-order valence-electron chi connectivity index (χ3n) is 4.28. The van der Waals surface area contributed by atoms with Gasteiger partial charge in [-0.2, -0.15) is 9.40 Å². The summed E-state index contributed by atoms with van der Waals surface area (Å²) in [4.78, 5) is 13.5. The van der Waals surface area contributed by atoms with Crippen LogP contribution in [0.4, 0.5) is 5.69 Å². The molecule has 3 heterocycles. The van der Waals surface area contributed by atoms with Crippen molar-refractivity contribution in [1.29, 1.82) is 0 Å². The number of sulfonamides is 1. The molecule has 1 amide bonds. The van der Waals surface area contributed by atoms with E-state index in [4.69, 9.17) is 5.73 Å². The molecular weight excluding hydrogens is 350 g/mol. The Morgan fingerprint density at radius 1 is 1.38 bits per heavy atom. The average Bonchev–Trinajstić information content (AvgIpc) is 2.83. The normalized spacial score (nSPS) is 16.3. The van der Waals surface area contributed by atoms with E-state index in [2.05, 4.69) is 15.5 Å². The second-order valence-corrected chi connectivity index (χ2v) is 9.08. The van der Waals surface area contributed by atoms with Gasteiger partial charge in [0.25, 0.3) is 5.91 Å². The molecule has 1 aliphatic rings. The second kappa shape index (κ2) is 5.94. The van der Waals surface area contributed by atoms with E-state index in [1.807, 2.05) is 13.8 Å². The maximum Gasteiger partial charge on any atom is 0.263 e. The van der Waals surface area contributed by atoms with Crippen LogP contribution >= 0.6 is 11.3 Å². The van der Waals surface area contributed by atoms with Crippen molar-refractivity contribution in [2.75, 3.05) is 24.6 Å². The van der Waals surface area contributed by atoms with Crippen LogP contribution in [0.1, 0.15) is 27.9 Å². The molecule has 3 rings (SSSR count). The molecule has 0 bridgehead atoms. The molecule has 1 saturated heterocycles. The Labute approximate surface area is 144 Å². The number of hydrogen-bond donors (Lipinski definition) is 2. The van der Waals surface area contributed by atoms with Gasteiger partial charge in [0.1, 0.15) is 9.71 Å². The van der Waals surface area contributed by atoms with Crippen LogP contribution < -0.4 is 11.1 Å². The number of carbonyl (C=O) groups excluding carboxylic acids is 1. The fourth-order valence-electron chi connectivity index (χ4n) is 2.60. The van der Waals surface area contributed by atoms with E-state index in [0.717, 1.165) is 16.6 Å². The fraction of sp³-hybridized carbons (Fsp3) is 0.500. The van der Waals surface area contributed by atoms with Crippen molar-refractivity contribution in [2.24, 2.45) is 0 Å². The number of carbonyl (C=O) groups is 1. The molecule has 0 saturated carbocycles. The van der Waals surface area contributed by atoms with Crippen molar-refractivity contribution in [3.05, 3.63) is 16.1 Å². The second-order valence-electron chi connectivity index (χ2n) is 5.82. The Bertz CT molecular complexity index is 916. The third kappa shape index (κ3) is 2.74. The number of rotatable bonds is 4. The van der Waals surface area contributed by atoms with Gasteiger partial charge in [0.15, 0.2) is 0 Å². The standard InChI is InChI=1S/C14H19N5O3S2/c1-4-24(21,22)19-5-9(6-19)16-13(20)12-11(15)10-7(2)8(3)17-18-14(10)23-12/h9H,4-6,15H2,1-3H3,(H,16,20). The molecule has 8 nitrogen and oxygen atoms in total. The molecule has 0 atom stereocenters. The monoisotopic (exact) mass is 369 g/mol. The highest BCUT2D eigenvalue weighted by molar-refractivity contribution is 7.89. The van der Waals surface area contributed by atoms with Crippen LogP contribution in [-0.2, 0) is 10.0 Å². The molecule has 1 aliphatic heterocycles. The molecular formula is C14H19N5O3S2. The van der Waals surface area contributed by atoms with Gasteiger partial charge in [-0.3, -0.25) is 4.79 Å². The summed E-state index contributed by atoms with van der Waals surface area (Å²) in [5.41, 5.74) is 8.23. The Morgan fingerprint density at radius 3 is 2.67 bits per heavy atom. The summed E-state index contributed by atoms with van der Waals surface area (Å²) < 4.78 is 24.8. The molecule has 0 spiro atoms. The van der Waals surface area contributed by atoms with Crippen LogP contribution in [0.15, 0.2) is 0 Å². The van der Waals surface area contributed by atoms with E-state index in [1.54, 1.807) is 6.92 Å². The first kappa shape index (κ1) is 17.1. The summed E-state index contributed by atoms with van der Waals surface area (Å²) in [5, 5.41) is 11.7. The lowest BCUT2D eigenvalue weighted by molar-refractivity contribution is 0.0900. The van der Waals surface area contributed by atoms with Crippen molar-refractivity contribution < 1.29 is 13.2 Å². The summed E-state index contributed by atoms with van der Waals surface area (Å²) in [5.74, 6) is -0.236. The highest BCUT2D eigenvalue weighted by Gasteiger charge is 2.36. The van der Waals surface area contributed by atoms with Gasteiger partial charge < -0.3 is 11.1 Å².